The maximum Gasteiger partial charge on any atom is 0.231 e. The maximum absolute atomic E-state index is 6.14. The van der Waals surface area contributed by atoms with E-state index in [1.165, 1.54) is 11.1 Å². The van der Waals surface area contributed by atoms with Crippen LogP contribution in [0.15, 0.2) is 83.3 Å². The standard InChI is InChI=1S/C27H24N2O/c1-4-27(2,3)26-28-24(23-21-12-8-9-13-22(21)30-25(23)29-26)20-16-14-19(15-17-20)18-10-6-5-7-11-18/h5-17H,4H2,1-3H3. The van der Waals surface area contributed by atoms with Crippen molar-refractivity contribution in [2.45, 2.75) is 32.6 Å². The minimum absolute atomic E-state index is 0.133. The van der Waals surface area contributed by atoms with Gasteiger partial charge in [-0.15, -0.1) is 0 Å². The average molecular weight is 393 g/mol. The fourth-order valence-corrected chi connectivity index (χ4v) is 3.74. The molecule has 3 heteroatoms. The summed E-state index contributed by atoms with van der Waals surface area (Å²) >= 11 is 0. The van der Waals surface area contributed by atoms with E-state index in [-0.39, 0.29) is 5.41 Å². The van der Waals surface area contributed by atoms with Gasteiger partial charge < -0.3 is 4.42 Å². The number of furan rings is 1. The van der Waals surface area contributed by atoms with Gasteiger partial charge in [0.1, 0.15) is 11.4 Å². The zero-order valence-corrected chi connectivity index (χ0v) is 17.5. The molecule has 2 heterocycles. The van der Waals surface area contributed by atoms with Crippen LogP contribution in [0.4, 0.5) is 0 Å². The molecule has 3 nitrogen and oxygen atoms in total. The number of benzene rings is 3. The monoisotopic (exact) mass is 392 g/mol. The van der Waals surface area contributed by atoms with Crippen molar-refractivity contribution in [2.24, 2.45) is 0 Å². The summed E-state index contributed by atoms with van der Waals surface area (Å²) in [5.74, 6) is 0.818. The Hall–Kier alpha value is -3.46. The van der Waals surface area contributed by atoms with E-state index in [0.717, 1.165) is 39.9 Å². The number of hydrogen-bond acceptors (Lipinski definition) is 3. The molecule has 0 N–H and O–H groups in total. The van der Waals surface area contributed by atoms with Gasteiger partial charge in [0, 0.05) is 16.4 Å². The summed E-state index contributed by atoms with van der Waals surface area (Å²) in [6, 6.07) is 27.1. The second-order valence-corrected chi connectivity index (χ2v) is 8.36. The Morgan fingerprint density at radius 1 is 0.733 bits per heavy atom. The minimum Gasteiger partial charge on any atom is -0.438 e. The Bertz CT molecular complexity index is 1330. The first kappa shape index (κ1) is 18.6. The van der Waals surface area contributed by atoms with Crippen molar-refractivity contribution in [3.63, 3.8) is 0 Å². The third-order valence-electron chi connectivity index (χ3n) is 5.99. The van der Waals surface area contributed by atoms with Crippen molar-refractivity contribution in [2.75, 3.05) is 0 Å². The number of fused-ring (bicyclic) bond motifs is 3. The predicted octanol–water partition coefficient (Wildman–Crippen LogP) is 7.40. The van der Waals surface area contributed by atoms with Crippen LogP contribution in [0.3, 0.4) is 0 Å². The van der Waals surface area contributed by atoms with Gasteiger partial charge in [0.15, 0.2) is 0 Å². The van der Waals surface area contributed by atoms with Crippen LogP contribution in [0.5, 0.6) is 0 Å². The molecule has 0 spiro atoms. The molecule has 0 saturated heterocycles. The Morgan fingerprint density at radius 3 is 2.10 bits per heavy atom. The maximum atomic E-state index is 6.14. The van der Waals surface area contributed by atoms with E-state index < -0.39 is 0 Å². The third-order valence-corrected chi connectivity index (χ3v) is 5.99. The molecule has 0 aliphatic heterocycles. The number of para-hydroxylation sites is 1. The summed E-state index contributed by atoms with van der Waals surface area (Å²) in [6.45, 7) is 6.53. The van der Waals surface area contributed by atoms with Gasteiger partial charge >= 0.3 is 0 Å². The number of hydrogen-bond donors (Lipinski definition) is 0. The van der Waals surface area contributed by atoms with Crippen molar-refractivity contribution >= 4 is 22.1 Å². The van der Waals surface area contributed by atoms with E-state index in [9.17, 15) is 0 Å². The van der Waals surface area contributed by atoms with E-state index >= 15 is 0 Å². The molecule has 0 aliphatic rings. The van der Waals surface area contributed by atoms with Gasteiger partial charge in [-0.05, 0) is 23.6 Å². The molecule has 0 fully saturated rings. The Labute approximate surface area is 176 Å². The van der Waals surface area contributed by atoms with Crippen molar-refractivity contribution in [3.8, 4) is 22.4 Å². The first-order chi connectivity index (χ1) is 14.6. The smallest absolute Gasteiger partial charge is 0.231 e. The third kappa shape index (κ3) is 3.07. The average Bonchev–Trinajstić information content (AvgIpc) is 3.18. The largest absolute Gasteiger partial charge is 0.438 e. The van der Waals surface area contributed by atoms with Crippen LogP contribution in [-0.4, -0.2) is 9.97 Å². The summed E-state index contributed by atoms with van der Waals surface area (Å²) < 4.78 is 6.14. The molecule has 5 rings (SSSR count). The van der Waals surface area contributed by atoms with E-state index in [4.69, 9.17) is 14.4 Å². The Morgan fingerprint density at radius 2 is 1.37 bits per heavy atom. The predicted molar refractivity (Wildman–Crippen MR) is 123 cm³/mol. The molecule has 0 unspecified atom stereocenters. The fourth-order valence-electron chi connectivity index (χ4n) is 3.74. The molecule has 0 amide bonds. The van der Waals surface area contributed by atoms with Crippen LogP contribution in [0, 0.1) is 0 Å². The Kier molecular flexibility index (Phi) is 4.39. The lowest BCUT2D eigenvalue weighted by Gasteiger charge is -2.21. The van der Waals surface area contributed by atoms with Gasteiger partial charge in [0.2, 0.25) is 5.71 Å². The molecule has 0 aliphatic carbocycles. The van der Waals surface area contributed by atoms with Gasteiger partial charge in [0.25, 0.3) is 0 Å². The summed E-state index contributed by atoms with van der Waals surface area (Å²) in [7, 11) is 0. The van der Waals surface area contributed by atoms with Crippen molar-refractivity contribution < 1.29 is 4.42 Å². The highest BCUT2D eigenvalue weighted by molar-refractivity contribution is 6.10. The first-order valence-electron chi connectivity index (χ1n) is 10.4. The molecule has 0 radical (unpaired) electrons. The van der Waals surface area contributed by atoms with Gasteiger partial charge in [-0.2, -0.15) is 4.98 Å². The van der Waals surface area contributed by atoms with Crippen LogP contribution >= 0.6 is 0 Å². The summed E-state index contributed by atoms with van der Waals surface area (Å²) in [6.07, 6.45) is 0.950. The fraction of sp³-hybridized carbons (Fsp3) is 0.185. The molecule has 30 heavy (non-hydrogen) atoms. The quantitative estimate of drug-likeness (QED) is 0.320. The van der Waals surface area contributed by atoms with Gasteiger partial charge in [-0.25, -0.2) is 4.98 Å². The summed E-state index contributed by atoms with van der Waals surface area (Å²) in [4.78, 5) is 9.90. The normalized spacial score (nSPS) is 12.0. The zero-order chi connectivity index (χ0) is 20.7. The molecular weight excluding hydrogens is 368 g/mol. The van der Waals surface area contributed by atoms with Gasteiger partial charge in [-0.1, -0.05) is 93.6 Å². The molecule has 5 aromatic rings. The molecule has 148 valence electrons. The van der Waals surface area contributed by atoms with E-state index in [1.807, 2.05) is 24.3 Å². The number of nitrogens with zero attached hydrogens (tertiary/aromatic N) is 2. The zero-order valence-electron chi connectivity index (χ0n) is 17.5. The van der Waals surface area contributed by atoms with Crippen LogP contribution < -0.4 is 0 Å². The van der Waals surface area contributed by atoms with E-state index in [2.05, 4.69) is 75.4 Å². The molecule has 0 atom stereocenters. The topological polar surface area (TPSA) is 38.9 Å². The molecule has 3 aromatic carbocycles. The van der Waals surface area contributed by atoms with Crippen LogP contribution in [-0.2, 0) is 5.41 Å². The lowest BCUT2D eigenvalue weighted by atomic mass is 9.89. The second-order valence-electron chi connectivity index (χ2n) is 8.36. The minimum atomic E-state index is -0.133. The molecule has 0 saturated carbocycles. The lowest BCUT2D eigenvalue weighted by Crippen LogP contribution is -2.19. The van der Waals surface area contributed by atoms with Crippen molar-refractivity contribution in [1.82, 2.24) is 9.97 Å². The van der Waals surface area contributed by atoms with Crippen molar-refractivity contribution in [1.29, 1.82) is 0 Å². The van der Waals surface area contributed by atoms with Crippen LogP contribution in [0.1, 0.15) is 33.0 Å². The molecule has 2 aromatic heterocycles. The summed E-state index contributed by atoms with van der Waals surface area (Å²) in [5, 5.41) is 2.03. The van der Waals surface area contributed by atoms with Crippen LogP contribution in [0.25, 0.3) is 44.5 Å². The highest BCUT2D eigenvalue weighted by atomic mass is 16.3. The Balaban J connectivity index is 1.74. The SMILES string of the molecule is CCC(C)(C)c1nc(-c2ccc(-c3ccccc3)cc2)c2c(n1)oc1ccccc12. The highest BCUT2D eigenvalue weighted by Gasteiger charge is 2.26. The number of rotatable bonds is 4. The highest BCUT2D eigenvalue weighted by Crippen LogP contribution is 2.37. The van der Waals surface area contributed by atoms with Gasteiger partial charge in [-0.3, -0.25) is 0 Å². The van der Waals surface area contributed by atoms with E-state index in [1.54, 1.807) is 0 Å². The lowest BCUT2D eigenvalue weighted by molar-refractivity contribution is 0.471. The van der Waals surface area contributed by atoms with E-state index in [0.29, 0.717) is 5.71 Å². The van der Waals surface area contributed by atoms with Crippen LogP contribution in [0.2, 0.25) is 0 Å². The molecular formula is C27H24N2O. The first-order valence-corrected chi connectivity index (χ1v) is 10.4. The van der Waals surface area contributed by atoms with Gasteiger partial charge in [0.05, 0.1) is 11.1 Å². The molecule has 0 bridgehead atoms. The summed E-state index contributed by atoms with van der Waals surface area (Å²) in [5.41, 5.74) is 5.77. The number of aromatic nitrogens is 2. The second kappa shape index (κ2) is 7.10. The van der Waals surface area contributed by atoms with Crippen molar-refractivity contribution in [3.05, 3.63) is 84.7 Å².